The predicted molar refractivity (Wildman–Crippen MR) is 96.4 cm³/mol. The molecule has 0 saturated heterocycles. The molecule has 0 bridgehead atoms. The second-order valence-corrected chi connectivity index (χ2v) is 7.44. The van der Waals surface area contributed by atoms with Crippen molar-refractivity contribution in [2.24, 2.45) is 0 Å². The van der Waals surface area contributed by atoms with Crippen LogP contribution in [0.15, 0.2) is 25.3 Å². The zero-order chi connectivity index (χ0) is 16.2. The van der Waals surface area contributed by atoms with Crippen molar-refractivity contribution in [3.8, 4) is 0 Å². The van der Waals surface area contributed by atoms with Gasteiger partial charge in [0.1, 0.15) is 0 Å². The summed E-state index contributed by atoms with van der Waals surface area (Å²) in [5, 5.41) is 0. The van der Waals surface area contributed by atoms with Gasteiger partial charge in [-0.25, -0.2) is 0 Å². The van der Waals surface area contributed by atoms with E-state index in [4.69, 9.17) is 0 Å². The molecule has 0 atom stereocenters. The molecule has 0 aromatic heterocycles. The van der Waals surface area contributed by atoms with Gasteiger partial charge in [-0.2, -0.15) is 0 Å². The first-order valence-electron chi connectivity index (χ1n) is 8.76. The van der Waals surface area contributed by atoms with Gasteiger partial charge in [0.25, 0.3) is 0 Å². The Kier molecular flexibility index (Phi) is 10.7. The van der Waals surface area contributed by atoms with Crippen molar-refractivity contribution >= 4 is 0 Å². The summed E-state index contributed by atoms with van der Waals surface area (Å²) in [6.07, 6.45) is 12.2. The van der Waals surface area contributed by atoms with Crippen LogP contribution < -0.4 is 0 Å². The summed E-state index contributed by atoms with van der Waals surface area (Å²) >= 11 is 0. The van der Waals surface area contributed by atoms with Gasteiger partial charge in [-0.1, -0.05) is 26.5 Å². The van der Waals surface area contributed by atoms with E-state index < -0.39 is 0 Å². The smallest absolute Gasteiger partial charge is 0.0971 e. The van der Waals surface area contributed by atoms with Crippen molar-refractivity contribution in [3.05, 3.63) is 25.3 Å². The Morgan fingerprint density at radius 1 is 0.714 bits per heavy atom. The van der Waals surface area contributed by atoms with Crippen LogP contribution in [0.2, 0.25) is 0 Å². The van der Waals surface area contributed by atoms with Gasteiger partial charge in [0.05, 0.1) is 53.9 Å². The summed E-state index contributed by atoms with van der Waals surface area (Å²) in [6, 6.07) is 0. The number of likely N-dealkylation sites (N-methyl/N-ethyl adjacent to an activating group) is 1. The molecular formula is C19H40N2+2. The van der Waals surface area contributed by atoms with Crippen LogP contribution in [0.25, 0.3) is 0 Å². The van der Waals surface area contributed by atoms with E-state index in [1.165, 1.54) is 62.6 Å². The Bertz CT molecular complexity index is 271. The van der Waals surface area contributed by atoms with Crippen LogP contribution in [0.1, 0.15) is 45.4 Å². The molecule has 0 rings (SSSR count). The fourth-order valence-corrected chi connectivity index (χ4v) is 2.97. The summed E-state index contributed by atoms with van der Waals surface area (Å²) < 4.78 is 2.25. The van der Waals surface area contributed by atoms with E-state index in [2.05, 4.69) is 41.2 Å². The van der Waals surface area contributed by atoms with Gasteiger partial charge < -0.3 is 8.97 Å². The first-order chi connectivity index (χ1) is 9.89. The largest absolute Gasteiger partial charge is 0.328 e. The van der Waals surface area contributed by atoms with Crippen molar-refractivity contribution in [1.29, 1.82) is 0 Å². The SMILES string of the molecule is C=CC[N+](C)(CC=C)CCCCCC[N+](C)(C)CCCC. The van der Waals surface area contributed by atoms with Gasteiger partial charge in [-0.05, 0) is 44.3 Å². The van der Waals surface area contributed by atoms with Crippen LogP contribution in [0, 0.1) is 0 Å². The van der Waals surface area contributed by atoms with Gasteiger partial charge in [0.2, 0.25) is 0 Å². The highest BCUT2D eigenvalue weighted by Gasteiger charge is 2.17. The van der Waals surface area contributed by atoms with Crippen LogP contribution in [0.5, 0.6) is 0 Å². The van der Waals surface area contributed by atoms with Crippen LogP contribution in [0.4, 0.5) is 0 Å². The van der Waals surface area contributed by atoms with Crippen molar-refractivity contribution in [3.63, 3.8) is 0 Å². The molecule has 0 aromatic carbocycles. The van der Waals surface area contributed by atoms with E-state index in [9.17, 15) is 0 Å². The molecule has 21 heavy (non-hydrogen) atoms. The van der Waals surface area contributed by atoms with Gasteiger partial charge in [0.15, 0.2) is 0 Å². The average molecular weight is 297 g/mol. The maximum absolute atomic E-state index is 3.89. The lowest BCUT2D eigenvalue weighted by atomic mass is 10.1. The number of rotatable bonds is 14. The molecule has 0 amide bonds. The molecule has 0 N–H and O–H groups in total. The van der Waals surface area contributed by atoms with E-state index in [1.807, 2.05) is 12.2 Å². The minimum atomic E-state index is 1.05. The fraction of sp³-hybridized carbons (Fsp3) is 0.789. The highest BCUT2D eigenvalue weighted by atomic mass is 15.3. The summed E-state index contributed by atoms with van der Waals surface area (Å²) in [7, 11) is 7.06. The van der Waals surface area contributed by atoms with Gasteiger partial charge >= 0.3 is 0 Å². The van der Waals surface area contributed by atoms with Crippen molar-refractivity contribution in [2.45, 2.75) is 45.4 Å². The third-order valence-corrected chi connectivity index (χ3v) is 4.47. The summed E-state index contributed by atoms with van der Waals surface area (Å²) in [5.41, 5.74) is 0. The first-order valence-corrected chi connectivity index (χ1v) is 8.76. The van der Waals surface area contributed by atoms with Gasteiger partial charge in [0, 0.05) is 0 Å². The molecule has 0 radical (unpaired) electrons. The molecule has 0 aliphatic rings. The molecule has 0 aromatic rings. The lowest BCUT2D eigenvalue weighted by Crippen LogP contribution is -2.44. The number of nitrogens with zero attached hydrogens (tertiary/aromatic N) is 2. The molecule has 0 spiro atoms. The second kappa shape index (κ2) is 11.0. The maximum Gasteiger partial charge on any atom is 0.0971 e. The summed E-state index contributed by atoms with van der Waals surface area (Å²) in [5.74, 6) is 0. The fourth-order valence-electron chi connectivity index (χ4n) is 2.97. The van der Waals surface area contributed by atoms with Crippen molar-refractivity contribution in [1.82, 2.24) is 0 Å². The average Bonchev–Trinajstić information content (AvgIpc) is 2.41. The zero-order valence-corrected chi connectivity index (χ0v) is 15.2. The Balaban J connectivity index is 3.79. The standard InChI is InChI=1S/C19H40N2/c1-7-10-17-20(4,5)18-13-11-12-14-19-21(6,15-8-2)16-9-3/h8-9H,2-3,7,10-19H2,1,4-6H3/q+2. The van der Waals surface area contributed by atoms with E-state index in [1.54, 1.807) is 0 Å². The molecule has 2 heteroatoms. The van der Waals surface area contributed by atoms with E-state index in [-0.39, 0.29) is 0 Å². The Morgan fingerprint density at radius 3 is 1.67 bits per heavy atom. The van der Waals surface area contributed by atoms with Gasteiger partial charge in [-0.3, -0.25) is 0 Å². The minimum absolute atomic E-state index is 1.05. The number of hydrogen-bond acceptors (Lipinski definition) is 0. The molecule has 0 aliphatic heterocycles. The lowest BCUT2D eigenvalue weighted by Gasteiger charge is -2.32. The molecule has 2 nitrogen and oxygen atoms in total. The highest BCUT2D eigenvalue weighted by Crippen LogP contribution is 2.11. The third kappa shape index (κ3) is 10.7. The minimum Gasteiger partial charge on any atom is -0.328 e. The molecule has 0 fully saturated rings. The van der Waals surface area contributed by atoms with Crippen LogP contribution in [0.3, 0.4) is 0 Å². The normalized spacial score (nSPS) is 12.4. The molecule has 0 unspecified atom stereocenters. The van der Waals surface area contributed by atoms with Gasteiger partial charge in [-0.15, -0.1) is 0 Å². The zero-order valence-electron chi connectivity index (χ0n) is 15.2. The Morgan fingerprint density at radius 2 is 1.19 bits per heavy atom. The highest BCUT2D eigenvalue weighted by molar-refractivity contribution is 4.70. The van der Waals surface area contributed by atoms with Crippen LogP contribution in [-0.2, 0) is 0 Å². The Labute approximate surface area is 134 Å². The summed E-state index contributed by atoms with van der Waals surface area (Å²) in [6.45, 7) is 16.0. The van der Waals surface area contributed by atoms with Crippen molar-refractivity contribution < 1.29 is 8.97 Å². The van der Waals surface area contributed by atoms with E-state index in [0.29, 0.717) is 0 Å². The first kappa shape index (κ1) is 20.4. The van der Waals surface area contributed by atoms with E-state index in [0.717, 1.165) is 17.6 Å². The number of hydrogen-bond donors (Lipinski definition) is 0. The topological polar surface area (TPSA) is 0 Å². The summed E-state index contributed by atoms with van der Waals surface area (Å²) in [4.78, 5) is 0. The predicted octanol–water partition coefficient (Wildman–Crippen LogP) is 4.24. The lowest BCUT2D eigenvalue weighted by molar-refractivity contribution is -0.898. The van der Waals surface area contributed by atoms with Crippen molar-refractivity contribution in [2.75, 3.05) is 53.9 Å². The molecule has 0 heterocycles. The quantitative estimate of drug-likeness (QED) is 0.255. The monoisotopic (exact) mass is 296 g/mol. The number of quaternary nitrogens is 2. The third-order valence-electron chi connectivity index (χ3n) is 4.47. The molecular weight excluding hydrogens is 256 g/mol. The van der Waals surface area contributed by atoms with Crippen LogP contribution >= 0.6 is 0 Å². The molecule has 0 aliphatic carbocycles. The van der Waals surface area contributed by atoms with Crippen LogP contribution in [-0.4, -0.2) is 62.8 Å². The Hall–Kier alpha value is -0.600. The second-order valence-electron chi connectivity index (χ2n) is 7.44. The maximum atomic E-state index is 3.89. The molecule has 124 valence electrons. The molecule has 0 saturated carbocycles. The number of unbranched alkanes of at least 4 members (excludes halogenated alkanes) is 4. The van der Waals surface area contributed by atoms with E-state index >= 15 is 0 Å².